The van der Waals surface area contributed by atoms with Crippen LogP contribution in [0, 0.1) is 5.92 Å². The third-order valence-corrected chi connectivity index (χ3v) is 4.71. The highest BCUT2D eigenvalue weighted by molar-refractivity contribution is 5.59. The standard InChI is InChI=1S/C16H23N5/c1-3-18-11-13(1)9-16-19-12-15-10-14(2-6-21(15)16)20-7-4-17-5-8-20/h2,6,10,12-13,17-18H,1,3-5,7-9,11H2. The van der Waals surface area contributed by atoms with E-state index in [9.17, 15) is 0 Å². The molecule has 4 heterocycles. The van der Waals surface area contributed by atoms with Crippen LogP contribution in [0.1, 0.15) is 12.2 Å². The lowest BCUT2D eigenvalue weighted by Gasteiger charge is -2.29. The molecule has 0 spiro atoms. The molecule has 2 saturated heterocycles. The number of hydrogen-bond donors (Lipinski definition) is 2. The van der Waals surface area contributed by atoms with Crippen molar-refractivity contribution in [3.63, 3.8) is 0 Å². The summed E-state index contributed by atoms with van der Waals surface area (Å²) in [5, 5.41) is 6.84. The summed E-state index contributed by atoms with van der Waals surface area (Å²) in [6.45, 7) is 6.61. The summed E-state index contributed by atoms with van der Waals surface area (Å²) in [7, 11) is 0. The molecule has 0 aromatic carbocycles. The van der Waals surface area contributed by atoms with Gasteiger partial charge >= 0.3 is 0 Å². The number of rotatable bonds is 3. The maximum Gasteiger partial charge on any atom is 0.113 e. The van der Waals surface area contributed by atoms with Gasteiger partial charge in [0.25, 0.3) is 0 Å². The van der Waals surface area contributed by atoms with Gasteiger partial charge < -0.3 is 19.9 Å². The monoisotopic (exact) mass is 285 g/mol. The van der Waals surface area contributed by atoms with Crippen molar-refractivity contribution in [2.45, 2.75) is 12.8 Å². The number of imidazole rings is 1. The van der Waals surface area contributed by atoms with Gasteiger partial charge in [0.1, 0.15) is 5.82 Å². The molecular formula is C16H23N5. The molecule has 2 fully saturated rings. The Labute approximate surface area is 125 Å². The van der Waals surface area contributed by atoms with Crippen LogP contribution >= 0.6 is 0 Å². The van der Waals surface area contributed by atoms with Gasteiger partial charge in [0, 0.05) is 44.5 Å². The second-order valence-corrected chi connectivity index (χ2v) is 6.15. The molecule has 5 heteroatoms. The average molecular weight is 285 g/mol. The second kappa shape index (κ2) is 5.66. The summed E-state index contributed by atoms with van der Waals surface area (Å²) in [4.78, 5) is 7.10. The lowest BCUT2D eigenvalue weighted by Crippen LogP contribution is -2.43. The molecule has 0 amide bonds. The van der Waals surface area contributed by atoms with E-state index in [1.807, 2.05) is 6.20 Å². The molecule has 0 aliphatic carbocycles. The van der Waals surface area contributed by atoms with Gasteiger partial charge in [-0.2, -0.15) is 0 Å². The minimum atomic E-state index is 0.739. The lowest BCUT2D eigenvalue weighted by molar-refractivity contribution is 0.560. The second-order valence-electron chi connectivity index (χ2n) is 6.15. The zero-order valence-corrected chi connectivity index (χ0v) is 12.4. The Bertz CT molecular complexity index is 608. The van der Waals surface area contributed by atoms with Crippen LogP contribution in [-0.2, 0) is 6.42 Å². The van der Waals surface area contributed by atoms with Crippen LogP contribution in [0.25, 0.3) is 5.52 Å². The largest absolute Gasteiger partial charge is 0.369 e. The first-order chi connectivity index (χ1) is 10.4. The van der Waals surface area contributed by atoms with E-state index >= 15 is 0 Å². The van der Waals surface area contributed by atoms with Crippen molar-refractivity contribution in [3.8, 4) is 0 Å². The van der Waals surface area contributed by atoms with Crippen molar-refractivity contribution in [2.24, 2.45) is 5.92 Å². The van der Waals surface area contributed by atoms with E-state index in [0.717, 1.165) is 51.6 Å². The van der Waals surface area contributed by atoms with E-state index in [1.54, 1.807) is 0 Å². The molecule has 21 heavy (non-hydrogen) atoms. The molecule has 0 bridgehead atoms. The molecule has 4 rings (SSSR count). The van der Waals surface area contributed by atoms with Gasteiger partial charge in [0.15, 0.2) is 0 Å². The molecule has 112 valence electrons. The SMILES string of the molecule is c1cn2c(CC3CCNC3)ncc2cc1N1CCNCC1. The minimum absolute atomic E-state index is 0.739. The van der Waals surface area contributed by atoms with Gasteiger partial charge in [-0.05, 0) is 37.6 Å². The minimum Gasteiger partial charge on any atom is -0.369 e. The van der Waals surface area contributed by atoms with E-state index < -0.39 is 0 Å². The molecule has 0 radical (unpaired) electrons. The van der Waals surface area contributed by atoms with Crippen LogP contribution in [0.2, 0.25) is 0 Å². The summed E-state index contributed by atoms with van der Waals surface area (Å²) in [5.74, 6) is 1.94. The maximum atomic E-state index is 4.65. The Morgan fingerprint density at radius 3 is 2.90 bits per heavy atom. The van der Waals surface area contributed by atoms with Gasteiger partial charge in [0.2, 0.25) is 0 Å². The number of anilines is 1. The zero-order valence-electron chi connectivity index (χ0n) is 12.4. The van der Waals surface area contributed by atoms with Crippen molar-refractivity contribution >= 4 is 11.2 Å². The highest BCUT2D eigenvalue weighted by atomic mass is 15.2. The normalized spacial score (nSPS) is 23.0. The third-order valence-electron chi connectivity index (χ3n) is 4.71. The van der Waals surface area contributed by atoms with Gasteiger partial charge in [-0.25, -0.2) is 4.98 Å². The highest BCUT2D eigenvalue weighted by Gasteiger charge is 2.18. The summed E-state index contributed by atoms with van der Waals surface area (Å²) in [5.41, 5.74) is 2.53. The van der Waals surface area contributed by atoms with Crippen molar-refractivity contribution in [2.75, 3.05) is 44.2 Å². The Balaban J connectivity index is 1.57. The molecular weight excluding hydrogens is 262 g/mol. The summed E-state index contributed by atoms with van der Waals surface area (Å²) in [6, 6.07) is 4.51. The number of pyridine rings is 1. The Morgan fingerprint density at radius 2 is 2.10 bits per heavy atom. The molecule has 5 nitrogen and oxygen atoms in total. The Hall–Kier alpha value is -1.59. The van der Waals surface area contributed by atoms with Gasteiger partial charge in [-0.15, -0.1) is 0 Å². The summed E-state index contributed by atoms with van der Waals surface area (Å²) in [6.07, 6.45) is 6.56. The van der Waals surface area contributed by atoms with Crippen LogP contribution in [0.5, 0.6) is 0 Å². The summed E-state index contributed by atoms with van der Waals surface area (Å²) < 4.78 is 2.25. The number of hydrogen-bond acceptors (Lipinski definition) is 4. The van der Waals surface area contributed by atoms with Crippen LogP contribution in [0.15, 0.2) is 24.5 Å². The summed E-state index contributed by atoms with van der Waals surface area (Å²) >= 11 is 0. The first-order valence-corrected chi connectivity index (χ1v) is 8.02. The Morgan fingerprint density at radius 1 is 1.19 bits per heavy atom. The number of aromatic nitrogens is 2. The molecule has 2 aromatic rings. The molecule has 1 atom stereocenters. The number of nitrogens with zero attached hydrogens (tertiary/aromatic N) is 3. The van der Waals surface area contributed by atoms with Crippen LogP contribution in [0.4, 0.5) is 5.69 Å². The van der Waals surface area contributed by atoms with Crippen LogP contribution < -0.4 is 15.5 Å². The predicted molar refractivity (Wildman–Crippen MR) is 85.0 cm³/mol. The van der Waals surface area contributed by atoms with E-state index in [1.165, 1.54) is 23.4 Å². The van der Waals surface area contributed by atoms with Gasteiger partial charge in [-0.1, -0.05) is 0 Å². The number of fused-ring (bicyclic) bond motifs is 1. The highest BCUT2D eigenvalue weighted by Crippen LogP contribution is 2.21. The fourth-order valence-corrected chi connectivity index (χ4v) is 3.46. The van der Waals surface area contributed by atoms with E-state index in [2.05, 4.69) is 43.2 Å². The van der Waals surface area contributed by atoms with Crippen molar-refractivity contribution in [1.29, 1.82) is 0 Å². The third kappa shape index (κ3) is 2.63. The fraction of sp³-hybridized carbons (Fsp3) is 0.562. The van der Waals surface area contributed by atoms with E-state index in [4.69, 9.17) is 0 Å². The van der Waals surface area contributed by atoms with Crippen molar-refractivity contribution in [1.82, 2.24) is 20.0 Å². The topological polar surface area (TPSA) is 44.6 Å². The molecule has 2 aliphatic heterocycles. The average Bonchev–Trinajstić information content (AvgIpc) is 3.18. The predicted octanol–water partition coefficient (Wildman–Crippen LogP) is 0.896. The number of piperazine rings is 1. The van der Waals surface area contributed by atoms with Gasteiger partial charge in [0.05, 0.1) is 11.7 Å². The zero-order chi connectivity index (χ0) is 14.1. The van der Waals surface area contributed by atoms with E-state index in [-0.39, 0.29) is 0 Å². The smallest absolute Gasteiger partial charge is 0.113 e. The lowest BCUT2D eigenvalue weighted by atomic mass is 10.0. The molecule has 1 unspecified atom stereocenters. The fourth-order valence-electron chi connectivity index (χ4n) is 3.46. The molecule has 2 N–H and O–H groups in total. The number of nitrogens with one attached hydrogen (secondary N) is 2. The maximum absolute atomic E-state index is 4.65. The first kappa shape index (κ1) is 13.1. The van der Waals surface area contributed by atoms with Gasteiger partial charge in [-0.3, -0.25) is 0 Å². The van der Waals surface area contributed by atoms with E-state index in [0.29, 0.717) is 0 Å². The first-order valence-electron chi connectivity index (χ1n) is 8.02. The van der Waals surface area contributed by atoms with Crippen LogP contribution in [-0.4, -0.2) is 48.7 Å². The molecule has 2 aromatic heterocycles. The van der Waals surface area contributed by atoms with Crippen molar-refractivity contribution in [3.05, 3.63) is 30.4 Å². The quantitative estimate of drug-likeness (QED) is 0.879. The van der Waals surface area contributed by atoms with Crippen LogP contribution in [0.3, 0.4) is 0 Å². The molecule has 2 aliphatic rings. The van der Waals surface area contributed by atoms with Crippen molar-refractivity contribution < 1.29 is 0 Å². The molecule has 0 saturated carbocycles. The Kier molecular flexibility index (Phi) is 3.53.